The predicted octanol–water partition coefficient (Wildman–Crippen LogP) is 1.42. The minimum absolute atomic E-state index is 0.0165. The van der Waals surface area contributed by atoms with Crippen LogP contribution in [-0.4, -0.2) is 30.6 Å². The van der Waals surface area contributed by atoms with Crippen molar-refractivity contribution in [3.8, 4) is 0 Å². The van der Waals surface area contributed by atoms with Crippen LogP contribution in [0.3, 0.4) is 0 Å². The molecular weight excluding hydrogens is 200 g/mol. The predicted molar refractivity (Wildman–Crippen MR) is 63.7 cm³/mol. The number of carbonyl (C=O) groups excluding carboxylic acids is 1. The summed E-state index contributed by atoms with van der Waals surface area (Å²) in [6.07, 6.45) is 4.62. The molecule has 2 unspecified atom stereocenters. The summed E-state index contributed by atoms with van der Waals surface area (Å²) < 4.78 is 0. The number of carbonyl (C=O) groups is 1. The van der Waals surface area contributed by atoms with Gasteiger partial charge in [-0.3, -0.25) is 9.79 Å². The molecule has 3 nitrogen and oxygen atoms in total. The van der Waals surface area contributed by atoms with Crippen LogP contribution >= 0.6 is 0 Å². The molecule has 0 aromatic heterocycles. The van der Waals surface area contributed by atoms with Crippen LogP contribution in [0.25, 0.3) is 0 Å². The van der Waals surface area contributed by atoms with Crippen molar-refractivity contribution in [1.82, 2.24) is 5.32 Å². The van der Waals surface area contributed by atoms with Gasteiger partial charge < -0.3 is 5.32 Å². The molecule has 1 aliphatic carbocycles. The van der Waals surface area contributed by atoms with Gasteiger partial charge in [0.25, 0.3) is 0 Å². The van der Waals surface area contributed by atoms with Gasteiger partial charge in [-0.2, -0.15) is 0 Å². The van der Waals surface area contributed by atoms with Gasteiger partial charge in [-0.05, 0) is 63.5 Å². The zero-order valence-corrected chi connectivity index (χ0v) is 9.91. The van der Waals surface area contributed by atoms with E-state index in [0.29, 0.717) is 5.92 Å². The van der Waals surface area contributed by atoms with Crippen LogP contribution in [0.2, 0.25) is 0 Å². The Morgan fingerprint density at radius 1 is 1.31 bits per heavy atom. The van der Waals surface area contributed by atoms with Crippen LogP contribution in [0.15, 0.2) is 4.99 Å². The molecule has 2 fully saturated rings. The normalized spacial score (nSPS) is 42.2. The van der Waals surface area contributed by atoms with Crippen molar-refractivity contribution in [2.24, 2.45) is 22.7 Å². The Labute approximate surface area is 96.7 Å². The highest BCUT2D eigenvalue weighted by molar-refractivity contribution is 5.92. The first-order chi connectivity index (χ1) is 7.74. The topological polar surface area (TPSA) is 41.5 Å². The molecule has 2 heterocycles. The van der Waals surface area contributed by atoms with E-state index < -0.39 is 0 Å². The Kier molecular flexibility index (Phi) is 2.58. The first kappa shape index (κ1) is 10.5. The summed E-state index contributed by atoms with van der Waals surface area (Å²) in [5.74, 6) is 2.60. The fraction of sp³-hybridized carbons (Fsp3) is 0.846. The summed E-state index contributed by atoms with van der Waals surface area (Å²) in [6.45, 7) is 4.03. The van der Waals surface area contributed by atoms with Crippen LogP contribution in [-0.2, 0) is 4.79 Å². The van der Waals surface area contributed by atoms with Crippen molar-refractivity contribution in [3.05, 3.63) is 0 Å². The molecule has 0 amide bonds. The quantitative estimate of drug-likeness (QED) is 0.726. The molecule has 1 saturated heterocycles. The number of rotatable bonds is 1. The fourth-order valence-corrected chi connectivity index (χ4v) is 3.60. The molecule has 3 rings (SSSR count). The maximum atomic E-state index is 11.4. The van der Waals surface area contributed by atoms with Crippen LogP contribution in [0.1, 0.15) is 32.6 Å². The van der Waals surface area contributed by atoms with Gasteiger partial charge in [0.05, 0.1) is 0 Å². The minimum Gasteiger partial charge on any atom is -0.316 e. The monoisotopic (exact) mass is 220 g/mol. The number of fused-ring (bicyclic) bond motifs is 2. The number of hydrogen-bond donors (Lipinski definition) is 1. The second kappa shape index (κ2) is 3.95. The first-order valence-corrected chi connectivity index (χ1v) is 6.52. The van der Waals surface area contributed by atoms with Crippen molar-refractivity contribution in [2.75, 3.05) is 13.1 Å². The van der Waals surface area contributed by atoms with E-state index in [2.05, 4.69) is 5.32 Å². The minimum atomic E-state index is -0.0165. The average Bonchev–Trinajstić information content (AvgIpc) is 2.71. The number of hydrogen-bond acceptors (Lipinski definition) is 3. The first-order valence-electron chi connectivity index (χ1n) is 6.52. The van der Waals surface area contributed by atoms with E-state index in [-0.39, 0.29) is 11.8 Å². The molecule has 3 heteroatoms. The van der Waals surface area contributed by atoms with Crippen molar-refractivity contribution >= 4 is 11.5 Å². The van der Waals surface area contributed by atoms with E-state index in [4.69, 9.17) is 4.99 Å². The third-order valence-electron chi connectivity index (χ3n) is 4.59. The number of Topliss-reactive ketones (excluding diaryl/α,β-unsaturated/α-hetero) is 1. The summed E-state index contributed by atoms with van der Waals surface area (Å²) in [7, 11) is 0. The number of aliphatic imine (C=N–C) groups is 1. The lowest BCUT2D eigenvalue weighted by atomic mass is 9.71. The van der Waals surface area contributed by atoms with Crippen LogP contribution in [0.4, 0.5) is 0 Å². The summed E-state index contributed by atoms with van der Waals surface area (Å²) in [6, 6.07) is -0.0165. The second-order valence-corrected chi connectivity index (χ2v) is 5.64. The van der Waals surface area contributed by atoms with E-state index in [1.807, 2.05) is 0 Å². The zero-order chi connectivity index (χ0) is 11.1. The summed E-state index contributed by atoms with van der Waals surface area (Å²) in [5, 5.41) is 3.49. The highest BCUT2D eigenvalue weighted by atomic mass is 16.1. The smallest absolute Gasteiger partial charge is 0.154 e. The van der Waals surface area contributed by atoms with E-state index >= 15 is 0 Å². The molecule has 88 valence electrons. The lowest BCUT2D eigenvalue weighted by Gasteiger charge is -2.36. The molecule has 0 bridgehead atoms. The third kappa shape index (κ3) is 1.71. The summed E-state index contributed by atoms with van der Waals surface area (Å²) in [4.78, 5) is 16.1. The van der Waals surface area contributed by atoms with Crippen molar-refractivity contribution in [3.63, 3.8) is 0 Å². The molecular formula is C13H20N2O. The van der Waals surface area contributed by atoms with Gasteiger partial charge in [-0.1, -0.05) is 0 Å². The Bertz CT molecular complexity index is 337. The van der Waals surface area contributed by atoms with E-state index in [0.717, 1.165) is 31.2 Å². The molecule has 0 aromatic carbocycles. The lowest BCUT2D eigenvalue weighted by Crippen LogP contribution is -2.36. The van der Waals surface area contributed by atoms with E-state index in [1.165, 1.54) is 25.1 Å². The fourth-order valence-electron chi connectivity index (χ4n) is 3.60. The molecule has 1 N–H and O–H groups in total. The van der Waals surface area contributed by atoms with Crippen LogP contribution in [0.5, 0.6) is 0 Å². The molecule has 1 saturated carbocycles. The molecule has 4 atom stereocenters. The number of nitrogens with one attached hydrogen (secondary N) is 1. The molecule has 0 radical (unpaired) electrons. The van der Waals surface area contributed by atoms with E-state index in [1.54, 1.807) is 6.92 Å². The highest BCUT2D eigenvalue weighted by Crippen LogP contribution is 2.39. The maximum absolute atomic E-state index is 11.4. The third-order valence-corrected chi connectivity index (χ3v) is 4.59. The lowest BCUT2D eigenvalue weighted by molar-refractivity contribution is -0.118. The van der Waals surface area contributed by atoms with Gasteiger partial charge in [0, 0.05) is 5.71 Å². The standard InChI is InChI=1S/C13H20N2O/c1-8(16)12-3-2-9-4-10-6-14-7-11(10)5-13(9)15-12/h9-12,14H,2-7H2,1H3/t9?,10-,11-,12?/m1/s1. The molecule has 3 aliphatic rings. The van der Waals surface area contributed by atoms with Crippen LogP contribution in [0, 0.1) is 17.8 Å². The maximum Gasteiger partial charge on any atom is 0.154 e. The number of ketones is 1. The Balaban J connectivity index is 1.79. The van der Waals surface area contributed by atoms with Crippen LogP contribution < -0.4 is 5.32 Å². The molecule has 0 aromatic rings. The SMILES string of the molecule is CC(=O)C1CCC2C[C@@H]3CNC[C@H]3CC2=N1. The number of nitrogens with zero attached hydrogens (tertiary/aromatic N) is 1. The van der Waals surface area contributed by atoms with Gasteiger partial charge in [0.15, 0.2) is 5.78 Å². The van der Waals surface area contributed by atoms with E-state index in [9.17, 15) is 4.79 Å². The van der Waals surface area contributed by atoms with Crippen molar-refractivity contribution < 1.29 is 4.79 Å². The Hall–Kier alpha value is -0.700. The van der Waals surface area contributed by atoms with Gasteiger partial charge in [0.2, 0.25) is 0 Å². The van der Waals surface area contributed by atoms with Crippen molar-refractivity contribution in [2.45, 2.75) is 38.6 Å². The van der Waals surface area contributed by atoms with Crippen molar-refractivity contribution in [1.29, 1.82) is 0 Å². The average molecular weight is 220 g/mol. The second-order valence-electron chi connectivity index (χ2n) is 5.64. The highest BCUT2D eigenvalue weighted by Gasteiger charge is 2.39. The Morgan fingerprint density at radius 3 is 2.94 bits per heavy atom. The molecule has 16 heavy (non-hydrogen) atoms. The largest absolute Gasteiger partial charge is 0.316 e. The Morgan fingerprint density at radius 2 is 2.12 bits per heavy atom. The summed E-state index contributed by atoms with van der Waals surface area (Å²) in [5.41, 5.74) is 1.36. The van der Waals surface area contributed by atoms with Gasteiger partial charge in [0.1, 0.15) is 6.04 Å². The van der Waals surface area contributed by atoms with Gasteiger partial charge in [-0.25, -0.2) is 0 Å². The van der Waals surface area contributed by atoms with Gasteiger partial charge in [-0.15, -0.1) is 0 Å². The molecule has 2 aliphatic heterocycles. The van der Waals surface area contributed by atoms with Gasteiger partial charge >= 0.3 is 0 Å². The summed E-state index contributed by atoms with van der Waals surface area (Å²) >= 11 is 0. The molecule has 0 spiro atoms. The zero-order valence-electron chi connectivity index (χ0n) is 9.91.